The third kappa shape index (κ3) is 4.34. The summed E-state index contributed by atoms with van der Waals surface area (Å²) in [6, 6.07) is 0.221. The van der Waals surface area contributed by atoms with Crippen LogP contribution in [0.4, 0.5) is 0 Å². The smallest absolute Gasteiger partial charge is 0.176 e. The van der Waals surface area contributed by atoms with Crippen LogP contribution in [0.3, 0.4) is 0 Å². The van der Waals surface area contributed by atoms with Crippen LogP contribution >= 0.6 is 0 Å². The fraction of sp³-hybridized carbons (Fsp3) is 0.917. The van der Waals surface area contributed by atoms with Gasteiger partial charge in [0, 0.05) is 19.6 Å². The molecule has 0 saturated heterocycles. The van der Waals surface area contributed by atoms with Crippen molar-refractivity contribution >= 4 is 0 Å². The van der Waals surface area contributed by atoms with E-state index in [0.29, 0.717) is 5.92 Å². The number of aromatic nitrogens is 4. The van der Waals surface area contributed by atoms with Crippen molar-refractivity contribution < 1.29 is 4.74 Å². The van der Waals surface area contributed by atoms with Gasteiger partial charge in [-0.25, -0.2) is 0 Å². The predicted molar refractivity (Wildman–Crippen MR) is 70.2 cm³/mol. The first-order valence-electron chi connectivity index (χ1n) is 6.57. The lowest BCUT2D eigenvalue weighted by molar-refractivity contribution is 0.0327. The molecule has 1 aromatic rings. The maximum absolute atomic E-state index is 5.60. The zero-order chi connectivity index (χ0) is 13.5. The van der Waals surface area contributed by atoms with Crippen molar-refractivity contribution in [2.75, 3.05) is 13.7 Å². The molecule has 18 heavy (non-hydrogen) atoms. The van der Waals surface area contributed by atoms with Crippen LogP contribution in [-0.2, 0) is 18.2 Å². The molecule has 0 aliphatic carbocycles. The van der Waals surface area contributed by atoms with Gasteiger partial charge in [0.05, 0.1) is 13.2 Å². The molecule has 6 nitrogen and oxygen atoms in total. The average molecular weight is 255 g/mol. The van der Waals surface area contributed by atoms with Crippen LogP contribution < -0.4 is 5.32 Å². The van der Waals surface area contributed by atoms with Crippen LogP contribution in [0.25, 0.3) is 0 Å². The third-order valence-corrected chi connectivity index (χ3v) is 2.93. The highest BCUT2D eigenvalue weighted by Gasteiger charge is 2.25. The minimum atomic E-state index is 0.153. The minimum absolute atomic E-state index is 0.153. The summed E-state index contributed by atoms with van der Waals surface area (Å²) in [6.45, 7) is 7.46. The Kier molecular flexibility index (Phi) is 6.21. The molecule has 1 aromatic heterocycles. The first-order chi connectivity index (χ1) is 8.58. The van der Waals surface area contributed by atoms with Crippen molar-refractivity contribution in [1.82, 2.24) is 25.5 Å². The van der Waals surface area contributed by atoms with E-state index in [1.807, 2.05) is 0 Å². The molecule has 2 atom stereocenters. The average Bonchev–Trinajstić information content (AvgIpc) is 2.72. The van der Waals surface area contributed by atoms with Gasteiger partial charge in [0.2, 0.25) is 0 Å². The van der Waals surface area contributed by atoms with Crippen LogP contribution in [-0.4, -0.2) is 46.0 Å². The first kappa shape index (κ1) is 15.0. The molecule has 0 aliphatic rings. The molecule has 2 unspecified atom stereocenters. The van der Waals surface area contributed by atoms with E-state index in [4.69, 9.17) is 4.74 Å². The van der Waals surface area contributed by atoms with Gasteiger partial charge < -0.3 is 10.1 Å². The molecule has 1 rings (SSSR count). The SMILES string of the molecule is CCCNC(Cc1nnn(C)n1)C(OC)C(C)C. The molecule has 1 heterocycles. The van der Waals surface area contributed by atoms with E-state index >= 15 is 0 Å². The predicted octanol–water partition coefficient (Wildman–Crippen LogP) is 0.792. The van der Waals surface area contributed by atoms with Gasteiger partial charge in [-0.3, -0.25) is 0 Å². The maximum Gasteiger partial charge on any atom is 0.176 e. The number of nitrogens with one attached hydrogen (secondary N) is 1. The molecular weight excluding hydrogens is 230 g/mol. The second kappa shape index (κ2) is 7.43. The number of aryl methyl sites for hydroxylation is 1. The molecule has 6 heteroatoms. The molecule has 0 fully saturated rings. The summed E-state index contributed by atoms with van der Waals surface area (Å²) in [5, 5.41) is 15.7. The molecule has 104 valence electrons. The lowest BCUT2D eigenvalue weighted by atomic mass is 9.96. The second-order valence-electron chi connectivity index (χ2n) is 4.90. The van der Waals surface area contributed by atoms with Gasteiger partial charge in [-0.15, -0.1) is 10.2 Å². The summed E-state index contributed by atoms with van der Waals surface area (Å²) >= 11 is 0. The number of tetrazole rings is 1. The first-order valence-corrected chi connectivity index (χ1v) is 6.57. The monoisotopic (exact) mass is 255 g/mol. The molecule has 0 amide bonds. The van der Waals surface area contributed by atoms with Crippen LogP contribution in [0, 0.1) is 5.92 Å². The van der Waals surface area contributed by atoms with Crippen molar-refractivity contribution in [2.45, 2.75) is 45.8 Å². The zero-order valence-corrected chi connectivity index (χ0v) is 12.1. The molecule has 0 saturated carbocycles. The standard InChI is InChI=1S/C12H25N5O/c1-6-7-13-10(12(18-5)9(2)3)8-11-14-16-17(4)15-11/h9-10,12-13H,6-8H2,1-5H3. The highest BCUT2D eigenvalue weighted by molar-refractivity contribution is 4.90. The van der Waals surface area contributed by atoms with Crippen molar-refractivity contribution in [1.29, 1.82) is 0 Å². The Morgan fingerprint density at radius 3 is 2.56 bits per heavy atom. The van der Waals surface area contributed by atoms with Crippen molar-refractivity contribution in [2.24, 2.45) is 13.0 Å². The zero-order valence-electron chi connectivity index (χ0n) is 12.1. The molecule has 1 N–H and O–H groups in total. The Morgan fingerprint density at radius 2 is 2.11 bits per heavy atom. The van der Waals surface area contributed by atoms with Crippen molar-refractivity contribution in [3.05, 3.63) is 5.82 Å². The Bertz CT molecular complexity index is 339. The van der Waals surface area contributed by atoms with E-state index in [-0.39, 0.29) is 12.1 Å². The molecular formula is C12H25N5O. The van der Waals surface area contributed by atoms with Gasteiger partial charge >= 0.3 is 0 Å². The molecule has 0 aromatic carbocycles. The van der Waals surface area contributed by atoms with E-state index in [0.717, 1.165) is 25.2 Å². The summed E-state index contributed by atoms with van der Waals surface area (Å²) < 4.78 is 5.60. The lowest BCUT2D eigenvalue weighted by Gasteiger charge is -2.29. The second-order valence-corrected chi connectivity index (χ2v) is 4.90. The molecule has 0 spiro atoms. The summed E-state index contributed by atoms with van der Waals surface area (Å²) in [7, 11) is 3.54. The third-order valence-electron chi connectivity index (χ3n) is 2.93. The fourth-order valence-electron chi connectivity index (χ4n) is 2.14. The van der Waals surface area contributed by atoms with E-state index in [2.05, 4.69) is 41.5 Å². The van der Waals surface area contributed by atoms with Gasteiger partial charge in [0.1, 0.15) is 0 Å². The molecule has 0 bridgehead atoms. The fourth-order valence-corrected chi connectivity index (χ4v) is 2.14. The van der Waals surface area contributed by atoms with Gasteiger partial charge in [0.25, 0.3) is 0 Å². The lowest BCUT2D eigenvalue weighted by Crippen LogP contribution is -2.45. The van der Waals surface area contributed by atoms with E-state index in [1.54, 1.807) is 14.2 Å². The summed E-state index contributed by atoms with van der Waals surface area (Å²) in [4.78, 5) is 1.49. The number of hydrogen-bond donors (Lipinski definition) is 1. The van der Waals surface area contributed by atoms with Gasteiger partial charge in [0.15, 0.2) is 5.82 Å². The Hall–Kier alpha value is -1.01. The molecule has 0 aliphatic heterocycles. The highest BCUT2D eigenvalue weighted by Crippen LogP contribution is 2.13. The van der Waals surface area contributed by atoms with Gasteiger partial charge in [-0.05, 0) is 24.1 Å². The number of rotatable bonds is 8. The number of hydrogen-bond acceptors (Lipinski definition) is 5. The summed E-state index contributed by atoms with van der Waals surface area (Å²) in [5.74, 6) is 1.20. The number of ether oxygens (including phenoxy) is 1. The van der Waals surface area contributed by atoms with Crippen LogP contribution in [0.15, 0.2) is 0 Å². The molecule has 0 radical (unpaired) electrons. The Morgan fingerprint density at radius 1 is 1.39 bits per heavy atom. The van der Waals surface area contributed by atoms with Crippen LogP contribution in [0.1, 0.15) is 33.0 Å². The Balaban J connectivity index is 2.70. The van der Waals surface area contributed by atoms with E-state index in [1.165, 1.54) is 4.80 Å². The largest absolute Gasteiger partial charge is 0.380 e. The normalized spacial score (nSPS) is 15.0. The highest BCUT2D eigenvalue weighted by atomic mass is 16.5. The summed E-state index contributed by atoms with van der Waals surface area (Å²) in [6.07, 6.45) is 1.99. The number of nitrogens with zero attached hydrogens (tertiary/aromatic N) is 4. The van der Waals surface area contributed by atoms with Gasteiger partial charge in [-0.2, -0.15) is 4.80 Å². The van der Waals surface area contributed by atoms with E-state index < -0.39 is 0 Å². The minimum Gasteiger partial charge on any atom is -0.380 e. The Labute approximate surface area is 109 Å². The maximum atomic E-state index is 5.60. The summed E-state index contributed by atoms with van der Waals surface area (Å²) in [5.41, 5.74) is 0. The van der Waals surface area contributed by atoms with Crippen LogP contribution in [0.5, 0.6) is 0 Å². The number of methoxy groups -OCH3 is 1. The quantitative estimate of drug-likeness (QED) is 0.744. The van der Waals surface area contributed by atoms with Crippen molar-refractivity contribution in [3.63, 3.8) is 0 Å². The van der Waals surface area contributed by atoms with Crippen LogP contribution in [0.2, 0.25) is 0 Å². The van der Waals surface area contributed by atoms with Gasteiger partial charge in [-0.1, -0.05) is 20.8 Å². The topological polar surface area (TPSA) is 64.9 Å². The van der Waals surface area contributed by atoms with E-state index in [9.17, 15) is 0 Å². The van der Waals surface area contributed by atoms with Crippen molar-refractivity contribution in [3.8, 4) is 0 Å².